The molecule has 0 spiro atoms. The summed E-state index contributed by atoms with van der Waals surface area (Å²) in [5.41, 5.74) is 3.77. The number of rotatable bonds is 17. The van der Waals surface area contributed by atoms with Crippen LogP contribution in [0.2, 0.25) is 0 Å². The molecule has 0 unspecified atom stereocenters. The molecule has 0 aliphatic heterocycles. The number of fused-ring (bicyclic) bond motifs is 1. The highest BCUT2D eigenvalue weighted by molar-refractivity contribution is 7.09. The van der Waals surface area contributed by atoms with Gasteiger partial charge in [-0.2, -0.15) is 0 Å². The molecule has 0 radical (unpaired) electrons. The monoisotopic (exact) mass is 452 g/mol. The summed E-state index contributed by atoms with van der Waals surface area (Å²) in [4.78, 5) is 9.56. The average molecular weight is 453 g/mol. The molecule has 0 amide bonds. The Hall–Kier alpha value is -1.94. The molecule has 4 heteroatoms. The van der Waals surface area contributed by atoms with Crippen LogP contribution in [0.5, 0.6) is 5.88 Å². The van der Waals surface area contributed by atoms with Crippen molar-refractivity contribution < 1.29 is 4.74 Å². The highest BCUT2D eigenvalue weighted by Crippen LogP contribution is 2.30. The summed E-state index contributed by atoms with van der Waals surface area (Å²) in [6, 6.07) is 10.2. The first-order valence-corrected chi connectivity index (χ1v) is 13.7. The fourth-order valence-electron chi connectivity index (χ4n) is 4.13. The Morgan fingerprint density at radius 2 is 1.19 bits per heavy atom. The largest absolute Gasteiger partial charge is 0.476 e. The van der Waals surface area contributed by atoms with Gasteiger partial charge in [0, 0.05) is 16.3 Å². The van der Waals surface area contributed by atoms with Gasteiger partial charge in [0.15, 0.2) is 0 Å². The standard InChI is InChI=1S/C28H40N2OS/c1-2-3-4-5-6-7-8-9-10-11-12-13-14-18-21-31-28-27(24-19-16-15-17-20-24)29-25-22-32-23-26(25)30-28/h15-17,19-20,22-23H,2-14,18,21H2,1H3. The Labute approximate surface area is 198 Å². The minimum atomic E-state index is 0.664. The minimum Gasteiger partial charge on any atom is -0.476 e. The molecule has 0 bridgehead atoms. The molecule has 3 aromatic rings. The molecule has 0 N–H and O–H groups in total. The van der Waals surface area contributed by atoms with Crippen LogP contribution in [-0.4, -0.2) is 16.6 Å². The fraction of sp³-hybridized carbons (Fsp3) is 0.571. The van der Waals surface area contributed by atoms with E-state index in [2.05, 4.69) is 19.1 Å². The number of aromatic nitrogens is 2. The Kier molecular flexibility index (Phi) is 11.6. The summed E-state index contributed by atoms with van der Waals surface area (Å²) in [7, 11) is 0. The number of ether oxygens (including phenoxy) is 1. The second-order valence-corrected chi connectivity index (χ2v) is 9.57. The van der Waals surface area contributed by atoms with Crippen molar-refractivity contribution in [1.82, 2.24) is 9.97 Å². The van der Waals surface area contributed by atoms with Crippen LogP contribution in [-0.2, 0) is 0 Å². The van der Waals surface area contributed by atoms with Gasteiger partial charge in [0.2, 0.25) is 5.88 Å². The third kappa shape index (κ3) is 8.54. The van der Waals surface area contributed by atoms with Gasteiger partial charge in [-0.05, 0) is 6.42 Å². The molecular formula is C28H40N2OS. The minimum absolute atomic E-state index is 0.664. The van der Waals surface area contributed by atoms with Crippen LogP contribution in [0.15, 0.2) is 41.1 Å². The van der Waals surface area contributed by atoms with Gasteiger partial charge < -0.3 is 4.74 Å². The first-order valence-electron chi connectivity index (χ1n) is 12.8. The molecule has 0 saturated carbocycles. The number of unbranched alkanes of at least 4 members (excludes halogenated alkanes) is 13. The second kappa shape index (κ2) is 15.0. The van der Waals surface area contributed by atoms with Crippen LogP contribution in [0.3, 0.4) is 0 Å². The lowest BCUT2D eigenvalue weighted by Gasteiger charge is -2.10. The molecule has 32 heavy (non-hydrogen) atoms. The van der Waals surface area contributed by atoms with Crippen LogP contribution in [0.4, 0.5) is 0 Å². The zero-order valence-electron chi connectivity index (χ0n) is 19.9. The van der Waals surface area contributed by atoms with E-state index < -0.39 is 0 Å². The van der Waals surface area contributed by atoms with Gasteiger partial charge in [-0.1, -0.05) is 121 Å². The summed E-state index contributed by atoms with van der Waals surface area (Å²) in [5, 5.41) is 4.09. The van der Waals surface area contributed by atoms with Crippen molar-refractivity contribution in [3.8, 4) is 17.1 Å². The van der Waals surface area contributed by atoms with Crippen LogP contribution >= 0.6 is 11.3 Å². The molecule has 0 saturated heterocycles. The fourth-order valence-corrected chi connectivity index (χ4v) is 4.80. The zero-order valence-corrected chi connectivity index (χ0v) is 20.7. The lowest BCUT2D eigenvalue weighted by molar-refractivity contribution is 0.294. The van der Waals surface area contributed by atoms with Crippen molar-refractivity contribution >= 4 is 22.4 Å². The van der Waals surface area contributed by atoms with Crippen molar-refractivity contribution in [2.24, 2.45) is 0 Å². The van der Waals surface area contributed by atoms with Crippen LogP contribution in [0.25, 0.3) is 22.3 Å². The van der Waals surface area contributed by atoms with E-state index in [9.17, 15) is 0 Å². The number of benzene rings is 1. The summed E-state index contributed by atoms with van der Waals surface area (Å²) in [6.45, 7) is 3.00. The van der Waals surface area contributed by atoms with Gasteiger partial charge in [-0.3, -0.25) is 0 Å². The molecule has 0 fully saturated rings. The predicted molar refractivity (Wildman–Crippen MR) is 139 cm³/mol. The van der Waals surface area contributed by atoms with Gasteiger partial charge in [0.1, 0.15) is 16.7 Å². The van der Waals surface area contributed by atoms with Crippen molar-refractivity contribution in [1.29, 1.82) is 0 Å². The quantitative estimate of drug-likeness (QED) is 0.191. The molecule has 2 aromatic heterocycles. The van der Waals surface area contributed by atoms with E-state index >= 15 is 0 Å². The summed E-state index contributed by atoms with van der Waals surface area (Å²) < 4.78 is 6.11. The van der Waals surface area contributed by atoms with Crippen molar-refractivity contribution in [3.05, 3.63) is 41.1 Å². The highest BCUT2D eigenvalue weighted by Gasteiger charge is 2.12. The maximum Gasteiger partial charge on any atom is 0.241 e. The first-order chi connectivity index (χ1) is 15.9. The molecule has 0 aliphatic rings. The normalized spacial score (nSPS) is 11.3. The van der Waals surface area contributed by atoms with Gasteiger partial charge >= 0.3 is 0 Å². The molecule has 2 heterocycles. The van der Waals surface area contributed by atoms with Crippen molar-refractivity contribution in [3.63, 3.8) is 0 Å². The van der Waals surface area contributed by atoms with E-state index in [4.69, 9.17) is 14.7 Å². The van der Waals surface area contributed by atoms with E-state index in [0.29, 0.717) is 12.5 Å². The SMILES string of the molecule is CCCCCCCCCCCCCCCCOc1nc2cscc2nc1-c1ccccc1. The summed E-state index contributed by atoms with van der Waals surface area (Å²) in [6.07, 6.45) is 19.1. The van der Waals surface area contributed by atoms with E-state index in [1.54, 1.807) is 11.3 Å². The first kappa shape index (κ1) is 24.7. The zero-order chi connectivity index (χ0) is 22.3. The van der Waals surface area contributed by atoms with E-state index in [1.807, 2.05) is 29.0 Å². The smallest absolute Gasteiger partial charge is 0.241 e. The number of thiophene rings is 1. The molecule has 3 rings (SSSR count). The molecule has 174 valence electrons. The van der Waals surface area contributed by atoms with Crippen LogP contribution in [0.1, 0.15) is 96.8 Å². The number of hydrogen-bond donors (Lipinski definition) is 0. The Bertz CT molecular complexity index is 878. The Balaban J connectivity index is 1.28. The van der Waals surface area contributed by atoms with E-state index in [1.165, 1.54) is 83.5 Å². The van der Waals surface area contributed by atoms with Crippen LogP contribution in [0, 0.1) is 0 Å². The molecule has 3 nitrogen and oxygen atoms in total. The molecule has 1 aromatic carbocycles. The van der Waals surface area contributed by atoms with Crippen molar-refractivity contribution in [2.45, 2.75) is 96.8 Å². The third-order valence-electron chi connectivity index (χ3n) is 6.06. The van der Waals surface area contributed by atoms with Gasteiger partial charge in [-0.25, -0.2) is 9.97 Å². The Morgan fingerprint density at radius 3 is 1.78 bits per heavy atom. The van der Waals surface area contributed by atoms with E-state index in [0.717, 1.165) is 28.7 Å². The molecular weight excluding hydrogens is 412 g/mol. The van der Waals surface area contributed by atoms with Gasteiger partial charge in [0.25, 0.3) is 0 Å². The maximum atomic E-state index is 6.11. The average Bonchev–Trinajstić information content (AvgIpc) is 3.29. The third-order valence-corrected chi connectivity index (χ3v) is 6.78. The van der Waals surface area contributed by atoms with E-state index in [-0.39, 0.29) is 0 Å². The summed E-state index contributed by atoms with van der Waals surface area (Å²) in [5.74, 6) is 0.664. The Morgan fingerprint density at radius 1 is 0.656 bits per heavy atom. The maximum absolute atomic E-state index is 6.11. The molecule has 0 atom stereocenters. The molecule has 0 aliphatic carbocycles. The van der Waals surface area contributed by atoms with Gasteiger partial charge in [0.05, 0.1) is 6.61 Å². The predicted octanol–water partition coefficient (Wildman–Crippen LogP) is 9.22. The number of hydrogen-bond acceptors (Lipinski definition) is 4. The van der Waals surface area contributed by atoms with Gasteiger partial charge in [-0.15, -0.1) is 11.3 Å². The number of nitrogens with zero attached hydrogens (tertiary/aromatic N) is 2. The second-order valence-electron chi connectivity index (χ2n) is 8.83. The summed E-state index contributed by atoms with van der Waals surface area (Å²) >= 11 is 1.63. The lowest BCUT2D eigenvalue weighted by atomic mass is 10.0. The topological polar surface area (TPSA) is 35.0 Å². The lowest BCUT2D eigenvalue weighted by Crippen LogP contribution is -2.02. The highest BCUT2D eigenvalue weighted by atomic mass is 32.1. The van der Waals surface area contributed by atoms with Crippen molar-refractivity contribution in [2.75, 3.05) is 6.61 Å². The van der Waals surface area contributed by atoms with Crippen LogP contribution < -0.4 is 4.74 Å².